The molecule has 0 spiro atoms. The van der Waals surface area contributed by atoms with E-state index in [0.29, 0.717) is 6.54 Å². The van der Waals surface area contributed by atoms with Gasteiger partial charge in [0.1, 0.15) is 5.65 Å². The van der Waals surface area contributed by atoms with Gasteiger partial charge in [-0.2, -0.15) is 0 Å². The van der Waals surface area contributed by atoms with Crippen molar-refractivity contribution in [1.29, 1.82) is 0 Å². The lowest BCUT2D eigenvalue weighted by molar-refractivity contribution is -0.120. The van der Waals surface area contributed by atoms with E-state index in [9.17, 15) is 4.79 Å². The van der Waals surface area contributed by atoms with Crippen LogP contribution in [0.2, 0.25) is 0 Å². The van der Waals surface area contributed by atoms with E-state index in [0.717, 1.165) is 22.6 Å². The van der Waals surface area contributed by atoms with E-state index in [1.807, 2.05) is 70.0 Å². The molecule has 0 fully saturated rings. The van der Waals surface area contributed by atoms with E-state index < -0.39 is 0 Å². The number of aromatic nitrogens is 4. The molecule has 124 valence electrons. The van der Waals surface area contributed by atoms with Crippen molar-refractivity contribution in [2.24, 2.45) is 0 Å². The molecule has 6 nitrogen and oxygen atoms in total. The third-order valence-electron chi connectivity index (χ3n) is 3.98. The van der Waals surface area contributed by atoms with Crippen LogP contribution in [0.4, 0.5) is 0 Å². The minimum atomic E-state index is -0.0397. The maximum Gasteiger partial charge on any atom is 0.226 e. The van der Waals surface area contributed by atoms with Crippen LogP contribution in [0.5, 0.6) is 0 Å². The van der Waals surface area contributed by atoms with Crippen molar-refractivity contribution in [3.05, 3.63) is 84.8 Å². The number of fused-ring (bicyclic) bond motifs is 1. The number of hydrogen-bond acceptors (Lipinski definition) is 3. The number of benzene rings is 1. The van der Waals surface area contributed by atoms with Crippen LogP contribution in [-0.2, 0) is 17.8 Å². The summed E-state index contributed by atoms with van der Waals surface area (Å²) in [6.07, 6.45) is 9.47. The zero-order valence-corrected chi connectivity index (χ0v) is 13.5. The Morgan fingerprint density at radius 1 is 1.08 bits per heavy atom. The van der Waals surface area contributed by atoms with Crippen molar-refractivity contribution in [2.75, 3.05) is 0 Å². The summed E-state index contributed by atoms with van der Waals surface area (Å²) < 4.78 is 3.85. The van der Waals surface area contributed by atoms with Gasteiger partial charge >= 0.3 is 0 Å². The van der Waals surface area contributed by atoms with Gasteiger partial charge in [0.25, 0.3) is 0 Å². The van der Waals surface area contributed by atoms with Gasteiger partial charge in [-0.3, -0.25) is 4.79 Å². The summed E-state index contributed by atoms with van der Waals surface area (Å²) in [5, 5.41) is 2.94. The van der Waals surface area contributed by atoms with E-state index in [1.54, 1.807) is 12.5 Å². The van der Waals surface area contributed by atoms with Crippen molar-refractivity contribution in [1.82, 2.24) is 24.3 Å². The smallest absolute Gasteiger partial charge is 0.226 e. The number of imidazole rings is 2. The molecule has 1 aromatic carbocycles. The third kappa shape index (κ3) is 3.42. The van der Waals surface area contributed by atoms with Crippen LogP contribution < -0.4 is 5.32 Å². The highest BCUT2D eigenvalue weighted by molar-refractivity contribution is 5.78. The van der Waals surface area contributed by atoms with Gasteiger partial charge in [-0.15, -0.1) is 0 Å². The molecule has 3 heterocycles. The lowest BCUT2D eigenvalue weighted by Gasteiger charge is -2.06. The van der Waals surface area contributed by atoms with Crippen LogP contribution in [0.25, 0.3) is 11.3 Å². The lowest BCUT2D eigenvalue weighted by atomic mass is 10.2. The summed E-state index contributed by atoms with van der Waals surface area (Å²) in [6, 6.07) is 13.8. The number of carbonyl (C=O) groups is 1. The molecule has 0 saturated heterocycles. The van der Waals surface area contributed by atoms with E-state index >= 15 is 0 Å². The molecule has 3 aromatic heterocycles. The van der Waals surface area contributed by atoms with Gasteiger partial charge < -0.3 is 14.3 Å². The van der Waals surface area contributed by atoms with Gasteiger partial charge in [-0.1, -0.05) is 18.2 Å². The summed E-state index contributed by atoms with van der Waals surface area (Å²) in [6.45, 7) is 0.496. The molecule has 4 rings (SSSR count). The number of rotatable bonds is 5. The Morgan fingerprint density at radius 3 is 2.72 bits per heavy atom. The van der Waals surface area contributed by atoms with E-state index in [1.165, 1.54) is 0 Å². The van der Waals surface area contributed by atoms with Crippen LogP contribution >= 0.6 is 0 Å². The summed E-state index contributed by atoms with van der Waals surface area (Å²) in [5.41, 5.74) is 3.70. The lowest BCUT2D eigenvalue weighted by Crippen LogP contribution is -2.24. The normalized spacial score (nSPS) is 10.9. The number of nitrogens with one attached hydrogen (secondary N) is 1. The molecule has 0 saturated carbocycles. The standard InChI is InChI=1S/C19H17N5O/c25-19(11-16-13-23-9-2-1-3-18(23)22-16)21-12-15-4-6-17(7-5-15)24-10-8-20-14-24/h1-10,13-14H,11-12H2,(H,21,25). The second-order valence-electron chi connectivity index (χ2n) is 5.79. The second kappa shape index (κ2) is 6.60. The predicted octanol–water partition coefficient (Wildman–Crippen LogP) is 2.38. The maximum atomic E-state index is 12.1. The summed E-state index contributed by atoms with van der Waals surface area (Å²) in [7, 11) is 0. The van der Waals surface area contributed by atoms with E-state index in [4.69, 9.17) is 0 Å². The van der Waals surface area contributed by atoms with Gasteiger partial charge in [-0.25, -0.2) is 9.97 Å². The quantitative estimate of drug-likeness (QED) is 0.611. The average Bonchev–Trinajstić information content (AvgIpc) is 3.29. The van der Waals surface area contributed by atoms with E-state index in [2.05, 4.69) is 15.3 Å². The van der Waals surface area contributed by atoms with Crippen molar-refractivity contribution in [2.45, 2.75) is 13.0 Å². The van der Waals surface area contributed by atoms with E-state index in [-0.39, 0.29) is 12.3 Å². The molecule has 0 bridgehead atoms. The molecule has 1 amide bonds. The molecule has 1 N–H and O–H groups in total. The minimum absolute atomic E-state index is 0.0397. The van der Waals surface area contributed by atoms with Gasteiger partial charge in [0.2, 0.25) is 5.91 Å². The monoisotopic (exact) mass is 331 g/mol. The third-order valence-corrected chi connectivity index (χ3v) is 3.98. The molecule has 0 unspecified atom stereocenters. The number of pyridine rings is 1. The van der Waals surface area contributed by atoms with Crippen LogP contribution in [0.1, 0.15) is 11.3 Å². The molecule has 0 aliphatic rings. The van der Waals surface area contributed by atoms with Gasteiger partial charge in [0.05, 0.1) is 18.4 Å². The van der Waals surface area contributed by atoms with Gasteiger partial charge in [0, 0.05) is 37.0 Å². The average molecular weight is 331 g/mol. The minimum Gasteiger partial charge on any atom is -0.352 e. The Kier molecular flexibility index (Phi) is 4.00. The predicted molar refractivity (Wildman–Crippen MR) is 94.3 cm³/mol. The molecular weight excluding hydrogens is 314 g/mol. The fraction of sp³-hybridized carbons (Fsp3) is 0.105. The first-order valence-corrected chi connectivity index (χ1v) is 8.04. The Balaban J connectivity index is 1.35. The summed E-state index contributed by atoms with van der Waals surface area (Å²) >= 11 is 0. The Hall–Kier alpha value is -3.41. The van der Waals surface area contributed by atoms with Crippen LogP contribution in [-0.4, -0.2) is 24.8 Å². The first-order chi connectivity index (χ1) is 12.3. The Morgan fingerprint density at radius 2 is 1.96 bits per heavy atom. The highest BCUT2D eigenvalue weighted by Gasteiger charge is 2.07. The topological polar surface area (TPSA) is 64.2 Å². The molecule has 0 atom stereocenters. The molecule has 6 heteroatoms. The van der Waals surface area contributed by atoms with Gasteiger partial charge in [0.15, 0.2) is 0 Å². The summed E-state index contributed by atoms with van der Waals surface area (Å²) in [4.78, 5) is 20.6. The van der Waals surface area contributed by atoms with Crippen molar-refractivity contribution in [3.8, 4) is 5.69 Å². The maximum absolute atomic E-state index is 12.1. The van der Waals surface area contributed by atoms with Crippen molar-refractivity contribution >= 4 is 11.6 Å². The molecule has 4 aromatic rings. The summed E-state index contributed by atoms with van der Waals surface area (Å²) in [5.74, 6) is -0.0397. The Labute approximate surface area is 144 Å². The first kappa shape index (κ1) is 15.1. The van der Waals surface area contributed by atoms with Gasteiger partial charge in [-0.05, 0) is 29.8 Å². The van der Waals surface area contributed by atoms with Crippen LogP contribution in [0.15, 0.2) is 73.6 Å². The number of nitrogens with zero attached hydrogens (tertiary/aromatic N) is 4. The highest BCUT2D eigenvalue weighted by atomic mass is 16.1. The molecule has 0 radical (unpaired) electrons. The number of carbonyl (C=O) groups excluding carboxylic acids is 1. The molecular formula is C19H17N5O. The largest absolute Gasteiger partial charge is 0.352 e. The molecule has 0 aliphatic carbocycles. The van der Waals surface area contributed by atoms with Crippen molar-refractivity contribution < 1.29 is 4.79 Å². The molecule has 0 aliphatic heterocycles. The Bertz CT molecular complexity index is 953. The number of amides is 1. The number of hydrogen-bond donors (Lipinski definition) is 1. The van der Waals surface area contributed by atoms with Crippen LogP contribution in [0.3, 0.4) is 0 Å². The van der Waals surface area contributed by atoms with Crippen molar-refractivity contribution in [3.63, 3.8) is 0 Å². The zero-order chi connectivity index (χ0) is 17.1. The highest BCUT2D eigenvalue weighted by Crippen LogP contribution is 2.09. The molecule has 25 heavy (non-hydrogen) atoms. The fourth-order valence-corrected chi connectivity index (χ4v) is 2.70. The first-order valence-electron chi connectivity index (χ1n) is 8.04. The second-order valence-corrected chi connectivity index (χ2v) is 5.79. The van der Waals surface area contributed by atoms with Crippen LogP contribution in [0, 0.1) is 0 Å². The fourth-order valence-electron chi connectivity index (χ4n) is 2.70. The SMILES string of the molecule is O=C(Cc1cn2ccccc2n1)NCc1ccc(-n2ccnc2)cc1. The zero-order valence-electron chi connectivity index (χ0n) is 13.5.